The average Bonchev–Trinajstić information content (AvgIpc) is 3.31. The van der Waals surface area contributed by atoms with Crippen molar-refractivity contribution >= 4 is 29.4 Å². The van der Waals surface area contributed by atoms with E-state index in [4.69, 9.17) is 16.6 Å². The molecule has 1 saturated heterocycles. The highest BCUT2D eigenvalue weighted by atomic mass is 35.5. The Hall–Kier alpha value is -3.80. The third-order valence-corrected chi connectivity index (χ3v) is 8.50. The number of rotatable bonds is 2. The van der Waals surface area contributed by atoms with Crippen LogP contribution in [0.1, 0.15) is 42.1 Å². The largest absolute Gasteiger partial charge is 0.416 e. The third kappa shape index (κ3) is 4.13. The van der Waals surface area contributed by atoms with Crippen LogP contribution in [0.15, 0.2) is 76.0 Å². The first-order valence-corrected chi connectivity index (χ1v) is 12.9. The van der Waals surface area contributed by atoms with Gasteiger partial charge >= 0.3 is 18.4 Å². The fourth-order valence-electron chi connectivity index (χ4n) is 6.14. The quantitative estimate of drug-likeness (QED) is 0.406. The minimum Gasteiger partial charge on any atom is -0.326 e. The van der Waals surface area contributed by atoms with Gasteiger partial charge < -0.3 is 5.32 Å². The minimum atomic E-state index is -4.59. The lowest BCUT2D eigenvalue weighted by Crippen LogP contribution is -2.66. The molecule has 1 N–H and O–H groups in total. The molecule has 6 rings (SSSR count). The van der Waals surface area contributed by atoms with Crippen molar-refractivity contribution in [3.8, 4) is 0 Å². The lowest BCUT2D eigenvalue weighted by molar-refractivity contribution is -0.138. The predicted molar refractivity (Wildman–Crippen MR) is 136 cm³/mol. The summed E-state index contributed by atoms with van der Waals surface area (Å²) in [5.41, 5.74) is -1.34. The highest BCUT2D eigenvalue weighted by Gasteiger charge is 2.61. The van der Waals surface area contributed by atoms with Crippen LogP contribution in [-0.2, 0) is 17.1 Å². The van der Waals surface area contributed by atoms with E-state index in [9.17, 15) is 35.9 Å². The second-order valence-corrected chi connectivity index (χ2v) is 11.1. The van der Waals surface area contributed by atoms with E-state index in [2.05, 4.69) is 5.32 Å². The Morgan fingerprint density at radius 1 is 0.951 bits per heavy atom. The number of amidine groups is 1. The number of halogens is 7. The number of hydrogen-bond donors (Lipinski definition) is 1. The number of carbonyl (C=O) groups is 2. The van der Waals surface area contributed by atoms with E-state index in [0.29, 0.717) is 22.0 Å². The van der Waals surface area contributed by atoms with E-state index < -0.39 is 58.8 Å². The van der Waals surface area contributed by atoms with Gasteiger partial charge in [-0.1, -0.05) is 48.9 Å². The fraction of sp³-hybridized carbons (Fsp3) is 0.321. The van der Waals surface area contributed by atoms with E-state index in [1.54, 1.807) is 19.9 Å². The first-order chi connectivity index (χ1) is 19.1. The molecule has 2 aromatic carbocycles. The summed E-state index contributed by atoms with van der Waals surface area (Å²) in [6.07, 6.45) is -7.40. The molecule has 4 atom stereocenters. The Morgan fingerprint density at radius 3 is 2.07 bits per heavy atom. The molecule has 13 heteroatoms. The number of aliphatic imine (C=N–C) groups is 1. The Balaban J connectivity index is 1.55. The minimum absolute atomic E-state index is 0.0366. The molecular formula is C28H21ClF6N4O2. The van der Waals surface area contributed by atoms with Gasteiger partial charge in [0.05, 0.1) is 34.3 Å². The number of carbonyl (C=O) groups excluding carboxylic acids is 2. The van der Waals surface area contributed by atoms with Gasteiger partial charge in [0.1, 0.15) is 12.4 Å². The normalized spacial score (nSPS) is 27.8. The molecule has 3 amide bonds. The number of nitrogens with one attached hydrogen (secondary N) is 1. The molecule has 0 aromatic heterocycles. The third-order valence-electron chi connectivity index (χ3n) is 8.06. The van der Waals surface area contributed by atoms with Gasteiger partial charge in [0.25, 0.3) is 0 Å². The van der Waals surface area contributed by atoms with Crippen LogP contribution in [0, 0.1) is 11.3 Å². The van der Waals surface area contributed by atoms with Crippen molar-refractivity contribution in [3.05, 3.63) is 93.3 Å². The Labute approximate surface area is 235 Å². The monoisotopic (exact) mass is 594 g/mol. The highest BCUT2D eigenvalue weighted by Crippen LogP contribution is 2.56. The van der Waals surface area contributed by atoms with Crippen LogP contribution >= 0.6 is 11.6 Å². The summed E-state index contributed by atoms with van der Waals surface area (Å²) >= 11 is 6.66. The average molecular weight is 595 g/mol. The van der Waals surface area contributed by atoms with E-state index >= 15 is 0 Å². The molecule has 3 heterocycles. The maximum atomic E-state index is 14.1. The standard InChI is InChI=1S/C28H21ClF6N4O2/c1-13-18(29)11-26(2)22-20(13)36-19(40)12-38(22)25(41)39-23(26)21(14-3-7-16(8-4-14)27(30,31)32)37-24(39)15-5-9-17(10-6-15)28(33,34)35/h3-11,13,21,23H,12H2,1-2H3,(H,36,40). The van der Waals surface area contributed by atoms with E-state index in [0.717, 1.165) is 24.3 Å². The molecule has 4 aliphatic rings. The zero-order valence-corrected chi connectivity index (χ0v) is 22.2. The van der Waals surface area contributed by atoms with Gasteiger partial charge in [0.15, 0.2) is 0 Å². The van der Waals surface area contributed by atoms with Crippen LogP contribution in [-0.4, -0.2) is 40.2 Å². The van der Waals surface area contributed by atoms with Crippen LogP contribution in [0.3, 0.4) is 0 Å². The van der Waals surface area contributed by atoms with E-state index in [-0.39, 0.29) is 17.9 Å². The predicted octanol–water partition coefficient (Wildman–Crippen LogP) is 6.45. The number of allylic oxidation sites excluding steroid dienone is 1. The van der Waals surface area contributed by atoms with Crippen molar-refractivity contribution in [1.82, 2.24) is 15.1 Å². The van der Waals surface area contributed by atoms with Gasteiger partial charge in [-0.2, -0.15) is 26.3 Å². The van der Waals surface area contributed by atoms with E-state index in [1.165, 1.54) is 34.1 Å². The SMILES string of the molecule is CC1C(Cl)=CC2(C)C3=C1NC(=O)CN3C(=O)N1C(c3ccc(C(F)(F)F)cc3)=NC(c3ccc(C(F)(F)F)cc3)C12. The number of amides is 3. The molecule has 0 bridgehead atoms. The summed E-state index contributed by atoms with van der Waals surface area (Å²) < 4.78 is 79.7. The highest BCUT2D eigenvalue weighted by molar-refractivity contribution is 6.30. The van der Waals surface area contributed by atoms with Crippen molar-refractivity contribution in [2.24, 2.45) is 16.3 Å². The van der Waals surface area contributed by atoms with Crippen molar-refractivity contribution < 1.29 is 35.9 Å². The van der Waals surface area contributed by atoms with Crippen LogP contribution in [0.25, 0.3) is 0 Å². The summed E-state index contributed by atoms with van der Waals surface area (Å²) in [4.78, 5) is 34.1. The molecule has 0 saturated carbocycles. The maximum absolute atomic E-state index is 14.1. The lowest BCUT2D eigenvalue weighted by atomic mass is 9.67. The Morgan fingerprint density at radius 2 is 1.51 bits per heavy atom. The van der Waals surface area contributed by atoms with Crippen LogP contribution in [0.4, 0.5) is 31.1 Å². The maximum Gasteiger partial charge on any atom is 0.416 e. The summed E-state index contributed by atoms with van der Waals surface area (Å²) in [5.74, 6) is -0.843. The molecular weight excluding hydrogens is 574 g/mol. The second kappa shape index (κ2) is 8.85. The summed E-state index contributed by atoms with van der Waals surface area (Å²) in [6.45, 7) is 3.26. The van der Waals surface area contributed by atoms with Crippen molar-refractivity contribution in [1.29, 1.82) is 0 Å². The van der Waals surface area contributed by atoms with Crippen LogP contribution in [0.2, 0.25) is 0 Å². The van der Waals surface area contributed by atoms with Crippen molar-refractivity contribution in [2.45, 2.75) is 38.3 Å². The molecule has 1 fully saturated rings. The number of hydrogen-bond acceptors (Lipinski definition) is 3. The van der Waals surface area contributed by atoms with E-state index in [1.807, 2.05) is 0 Å². The van der Waals surface area contributed by atoms with Crippen LogP contribution < -0.4 is 5.32 Å². The smallest absolute Gasteiger partial charge is 0.326 e. The number of fused-ring (bicyclic) bond motifs is 2. The summed E-state index contributed by atoms with van der Waals surface area (Å²) in [5, 5.41) is 3.21. The zero-order valence-electron chi connectivity index (χ0n) is 21.4. The van der Waals surface area contributed by atoms with Crippen LogP contribution in [0.5, 0.6) is 0 Å². The Bertz CT molecular complexity index is 1560. The zero-order chi connectivity index (χ0) is 29.6. The first kappa shape index (κ1) is 27.4. The molecule has 3 aliphatic heterocycles. The molecule has 6 nitrogen and oxygen atoms in total. The number of urea groups is 1. The number of alkyl halides is 6. The first-order valence-electron chi connectivity index (χ1n) is 12.6. The second-order valence-electron chi connectivity index (χ2n) is 10.6. The lowest BCUT2D eigenvalue weighted by Gasteiger charge is -2.55. The van der Waals surface area contributed by atoms with Gasteiger partial charge in [-0.05, 0) is 36.8 Å². The molecule has 0 radical (unpaired) electrons. The van der Waals surface area contributed by atoms with Gasteiger partial charge in [0.2, 0.25) is 5.91 Å². The molecule has 0 spiro atoms. The summed E-state index contributed by atoms with van der Waals surface area (Å²) in [7, 11) is 0. The topological polar surface area (TPSA) is 65.0 Å². The van der Waals surface area contributed by atoms with Crippen molar-refractivity contribution in [2.75, 3.05) is 6.54 Å². The Kier molecular flexibility index (Phi) is 5.91. The molecule has 41 heavy (non-hydrogen) atoms. The molecule has 4 unspecified atom stereocenters. The van der Waals surface area contributed by atoms with Gasteiger partial charge in [-0.15, -0.1) is 0 Å². The molecule has 1 aliphatic carbocycles. The van der Waals surface area contributed by atoms with Gasteiger partial charge in [-0.3, -0.25) is 19.6 Å². The van der Waals surface area contributed by atoms with Crippen molar-refractivity contribution in [3.63, 3.8) is 0 Å². The molecule has 214 valence electrons. The molecule has 2 aromatic rings. The fourth-order valence-corrected chi connectivity index (χ4v) is 6.47. The van der Waals surface area contributed by atoms with Gasteiger partial charge in [-0.25, -0.2) is 4.79 Å². The van der Waals surface area contributed by atoms with Gasteiger partial charge in [0, 0.05) is 22.2 Å². The number of nitrogens with zero attached hydrogens (tertiary/aromatic N) is 3. The summed E-state index contributed by atoms with van der Waals surface area (Å²) in [6, 6.07) is 6.11. The number of benzene rings is 2.